The molecule has 9 heteroatoms. The van der Waals surface area contributed by atoms with Gasteiger partial charge >= 0.3 is 0 Å². The molecule has 0 aliphatic carbocycles. The van der Waals surface area contributed by atoms with Gasteiger partial charge in [0.1, 0.15) is 6.61 Å². The molecule has 7 nitrogen and oxygen atoms in total. The molecular formula is C16H13Cl2N3O4. The van der Waals surface area contributed by atoms with Gasteiger partial charge in [0, 0.05) is 17.8 Å². The quantitative estimate of drug-likeness (QED) is 0.435. The van der Waals surface area contributed by atoms with Crippen LogP contribution in [0.25, 0.3) is 0 Å². The van der Waals surface area contributed by atoms with E-state index in [9.17, 15) is 14.9 Å². The molecule has 0 unspecified atom stereocenters. The zero-order valence-electron chi connectivity index (χ0n) is 12.8. The van der Waals surface area contributed by atoms with E-state index in [1.54, 1.807) is 30.3 Å². The number of anilines is 1. The molecule has 25 heavy (non-hydrogen) atoms. The molecule has 0 spiro atoms. The summed E-state index contributed by atoms with van der Waals surface area (Å²) in [5.74, 6) is -0.291. The zero-order chi connectivity index (χ0) is 18.2. The first kappa shape index (κ1) is 18.7. The average Bonchev–Trinajstić information content (AvgIpc) is 2.58. The Bertz CT molecular complexity index is 794. The summed E-state index contributed by atoms with van der Waals surface area (Å²) < 4.78 is 0. The minimum absolute atomic E-state index is 0.00576. The molecule has 0 fully saturated rings. The number of nitrogens with zero attached hydrogens (tertiary/aromatic N) is 2. The Morgan fingerprint density at radius 3 is 2.56 bits per heavy atom. The fourth-order valence-electron chi connectivity index (χ4n) is 1.78. The predicted molar refractivity (Wildman–Crippen MR) is 96.1 cm³/mol. The van der Waals surface area contributed by atoms with Crippen molar-refractivity contribution in [3.8, 4) is 0 Å². The number of carbonyl (C=O) groups excluding carboxylic acids is 1. The average molecular weight is 382 g/mol. The highest BCUT2D eigenvalue weighted by Crippen LogP contribution is 2.24. The second-order valence-electron chi connectivity index (χ2n) is 4.87. The number of rotatable bonds is 7. The van der Waals surface area contributed by atoms with Crippen molar-refractivity contribution in [3.63, 3.8) is 0 Å². The highest BCUT2D eigenvalue weighted by atomic mass is 35.5. The number of nitro groups is 1. The summed E-state index contributed by atoms with van der Waals surface area (Å²) in [6, 6.07) is 10.7. The number of benzene rings is 2. The Balaban J connectivity index is 1.74. The molecule has 130 valence electrons. The molecule has 0 atom stereocenters. The summed E-state index contributed by atoms with van der Waals surface area (Å²) in [7, 11) is 0. The van der Waals surface area contributed by atoms with Gasteiger partial charge in [-0.05, 0) is 35.9 Å². The van der Waals surface area contributed by atoms with Gasteiger partial charge in [-0.25, -0.2) is 0 Å². The van der Waals surface area contributed by atoms with E-state index in [4.69, 9.17) is 28.0 Å². The van der Waals surface area contributed by atoms with Gasteiger partial charge in [0.25, 0.3) is 5.69 Å². The number of non-ortho nitro benzene ring substituents is 1. The Morgan fingerprint density at radius 1 is 1.20 bits per heavy atom. The lowest BCUT2D eigenvalue weighted by atomic mass is 10.2. The van der Waals surface area contributed by atoms with Crippen molar-refractivity contribution in [3.05, 3.63) is 68.2 Å². The maximum Gasteiger partial charge on any atom is 0.269 e. The smallest absolute Gasteiger partial charge is 0.269 e. The van der Waals surface area contributed by atoms with Crippen molar-refractivity contribution in [2.45, 2.75) is 13.0 Å². The number of nitro benzene ring substituents is 1. The minimum atomic E-state index is -0.477. The summed E-state index contributed by atoms with van der Waals surface area (Å²) in [6.45, 7) is 0.142. The zero-order valence-corrected chi connectivity index (χ0v) is 14.3. The van der Waals surface area contributed by atoms with Crippen LogP contribution in [0.5, 0.6) is 0 Å². The molecular weight excluding hydrogens is 369 g/mol. The predicted octanol–water partition coefficient (Wildman–Crippen LogP) is 4.43. The van der Waals surface area contributed by atoms with Crippen molar-refractivity contribution in [1.82, 2.24) is 0 Å². The molecule has 0 bridgehead atoms. The lowest BCUT2D eigenvalue weighted by Crippen LogP contribution is -2.11. The van der Waals surface area contributed by atoms with Crippen molar-refractivity contribution >= 4 is 46.7 Å². The number of hydrogen-bond donors (Lipinski definition) is 1. The lowest BCUT2D eigenvalue weighted by Gasteiger charge is -2.04. The second-order valence-corrected chi connectivity index (χ2v) is 5.68. The molecule has 2 aromatic rings. The van der Waals surface area contributed by atoms with E-state index in [2.05, 4.69) is 10.5 Å². The molecule has 0 aromatic heterocycles. The van der Waals surface area contributed by atoms with Crippen LogP contribution in [-0.4, -0.2) is 17.0 Å². The fraction of sp³-hybridized carbons (Fsp3) is 0.125. The number of oxime groups is 1. The van der Waals surface area contributed by atoms with Gasteiger partial charge in [0.2, 0.25) is 5.91 Å². The van der Waals surface area contributed by atoms with E-state index in [1.807, 2.05) is 0 Å². The van der Waals surface area contributed by atoms with E-state index < -0.39 is 4.92 Å². The van der Waals surface area contributed by atoms with E-state index in [0.29, 0.717) is 15.7 Å². The van der Waals surface area contributed by atoms with Gasteiger partial charge in [-0.2, -0.15) is 0 Å². The second kappa shape index (κ2) is 9.00. The summed E-state index contributed by atoms with van der Waals surface area (Å²) in [5.41, 5.74) is 1.26. The van der Waals surface area contributed by atoms with Crippen LogP contribution in [-0.2, 0) is 16.2 Å². The molecule has 1 amide bonds. The Hall–Kier alpha value is -2.64. The molecule has 0 saturated heterocycles. The monoisotopic (exact) mass is 381 g/mol. The van der Waals surface area contributed by atoms with Crippen LogP contribution in [0.15, 0.2) is 47.6 Å². The first-order valence-corrected chi connectivity index (χ1v) is 7.83. The molecule has 0 saturated carbocycles. The number of halogens is 2. The third kappa shape index (κ3) is 6.06. The highest BCUT2D eigenvalue weighted by molar-refractivity contribution is 6.42. The summed E-state index contributed by atoms with van der Waals surface area (Å²) in [5, 5.41) is 17.6. The largest absolute Gasteiger partial charge is 0.391 e. The van der Waals surface area contributed by atoms with Crippen molar-refractivity contribution in [1.29, 1.82) is 0 Å². The number of carbonyl (C=O) groups is 1. The van der Waals surface area contributed by atoms with Crippen LogP contribution >= 0.6 is 23.2 Å². The fourth-order valence-corrected chi connectivity index (χ4v) is 2.08. The van der Waals surface area contributed by atoms with Gasteiger partial charge in [0.05, 0.1) is 27.6 Å². The Kier molecular flexibility index (Phi) is 6.73. The van der Waals surface area contributed by atoms with Gasteiger partial charge in [-0.3, -0.25) is 14.9 Å². The highest BCUT2D eigenvalue weighted by Gasteiger charge is 2.05. The summed E-state index contributed by atoms with van der Waals surface area (Å²) in [6.07, 6.45) is 1.33. The van der Waals surface area contributed by atoms with Gasteiger partial charge in [-0.1, -0.05) is 28.4 Å². The van der Waals surface area contributed by atoms with Crippen LogP contribution in [0.3, 0.4) is 0 Å². The van der Waals surface area contributed by atoms with Gasteiger partial charge in [0.15, 0.2) is 0 Å². The molecule has 0 radical (unpaired) electrons. The standard InChI is InChI=1S/C16H13Cl2N3O4/c17-14-6-3-12(9-15(14)18)20-16(22)7-8-19-25-10-11-1-4-13(5-2-11)21(23)24/h1-6,8-9H,7,10H2,(H,20,22)/b19-8-. The molecule has 0 aliphatic rings. The Morgan fingerprint density at radius 2 is 1.92 bits per heavy atom. The van der Waals surface area contributed by atoms with Gasteiger partial charge in [-0.15, -0.1) is 0 Å². The number of nitrogens with one attached hydrogen (secondary N) is 1. The maximum atomic E-state index is 11.7. The molecule has 2 aromatic carbocycles. The molecule has 2 rings (SSSR count). The van der Waals surface area contributed by atoms with Crippen molar-refractivity contribution in [2.24, 2.45) is 5.16 Å². The minimum Gasteiger partial charge on any atom is -0.391 e. The lowest BCUT2D eigenvalue weighted by molar-refractivity contribution is -0.384. The maximum absolute atomic E-state index is 11.7. The topological polar surface area (TPSA) is 93.8 Å². The molecule has 0 aliphatic heterocycles. The van der Waals surface area contributed by atoms with Crippen LogP contribution in [0.1, 0.15) is 12.0 Å². The van der Waals surface area contributed by atoms with Crippen molar-refractivity contribution in [2.75, 3.05) is 5.32 Å². The number of hydrogen-bond acceptors (Lipinski definition) is 5. The third-order valence-electron chi connectivity index (χ3n) is 3.01. The SMILES string of the molecule is O=C(C/C=N\OCc1ccc([N+](=O)[O-])cc1)Nc1ccc(Cl)c(Cl)c1. The van der Waals surface area contributed by atoms with Crippen LogP contribution in [0.2, 0.25) is 10.0 Å². The van der Waals surface area contributed by atoms with E-state index in [1.165, 1.54) is 18.3 Å². The molecule has 1 N–H and O–H groups in total. The normalized spacial score (nSPS) is 10.6. The summed E-state index contributed by atoms with van der Waals surface area (Å²) >= 11 is 11.7. The van der Waals surface area contributed by atoms with Crippen LogP contribution in [0, 0.1) is 10.1 Å². The first-order valence-electron chi connectivity index (χ1n) is 7.08. The first-order chi connectivity index (χ1) is 12.0. The van der Waals surface area contributed by atoms with Gasteiger partial charge < -0.3 is 10.2 Å². The van der Waals surface area contributed by atoms with E-state index >= 15 is 0 Å². The molecule has 0 heterocycles. The Labute approximate surface area is 153 Å². The van der Waals surface area contributed by atoms with Crippen LogP contribution in [0.4, 0.5) is 11.4 Å². The summed E-state index contributed by atoms with van der Waals surface area (Å²) in [4.78, 5) is 26.8. The van der Waals surface area contributed by atoms with Crippen LogP contribution < -0.4 is 5.32 Å². The van der Waals surface area contributed by atoms with E-state index in [0.717, 1.165) is 5.56 Å². The number of amides is 1. The van der Waals surface area contributed by atoms with Crippen molar-refractivity contribution < 1.29 is 14.6 Å². The van der Waals surface area contributed by atoms with E-state index in [-0.39, 0.29) is 24.6 Å². The third-order valence-corrected chi connectivity index (χ3v) is 3.75.